The van der Waals surface area contributed by atoms with Gasteiger partial charge in [0.15, 0.2) is 0 Å². The number of hydrogen-bond acceptors (Lipinski definition) is 5. The highest BCUT2D eigenvalue weighted by Crippen LogP contribution is 2.78. The van der Waals surface area contributed by atoms with Crippen LogP contribution in [0.5, 0.6) is 0 Å². The first-order valence-corrected chi connectivity index (χ1v) is 13.1. The smallest absolute Gasteiger partial charge is 0.314 e. The lowest BCUT2D eigenvalue weighted by Gasteiger charge is -2.39. The number of likely N-dealkylation sites (N-methyl/N-ethyl adjacent to an activating group) is 2. The molecule has 4 aliphatic rings. The van der Waals surface area contributed by atoms with E-state index in [1.54, 1.807) is 0 Å². The van der Waals surface area contributed by atoms with Gasteiger partial charge in [0.05, 0.1) is 12.1 Å². The van der Waals surface area contributed by atoms with Gasteiger partial charge in [0, 0.05) is 20.0 Å². The molecule has 3 saturated carbocycles. The van der Waals surface area contributed by atoms with E-state index in [9.17, 15) is 9.69 Å². The van der Waals surface area contributed by atoms with Crippen LogP contribution in [0.4, 0.5) is 0 Å². The monoisotopic (exact) mass is 410 g/mol. The van der Waals surface area contributed by atoms with Crippen molar-refractivity contribution in [3.63, 3.8) is 0 Å². The fourth-order valence-corrected chi connectivity index (χ4v) is 10.7. The second-order valence-electron chi connectivity index (χ2n) is 10.7. The fourth-order valence-electron chi connectivity index (χ4n) is 6.54. The standard InChI is InChI=1S/C22H39N2O3P/c1-22(2,3)27-21(25)19-18(15-11-7-6-8-12-15)20(19)28(26)23(4)16-13-9-10-14-17(16)24(28)5/h15-20H,6-14H2,1-5H3/t16-,17-,18+,19+,20+/m1/s1. The first-order chi connectivity index (χ1) is 13.2. The van der Waals surface area contributed by atoms with Crippen LogP contribution in [-0.2, 0) is 9.53 Å². The Hall–Kier alpha value is -0.220. The van der Waals surface area contributed by atoms with Crippen LogP contribution in [0, 0.1) is 17.8 Å². The second kappa shape index (κ2) is 7.48. The maximum atomic E-state index is 14.6. The SMILES string of the molecule is CN1[C@@H]2CCCC[C@H]2N(C)[P+]1([O-])[C@@H]1[C@@H](C(=O)OC(C)(C)C)[C@@H]1C1CCCCC1. The minimum atomic E-state index is -2.75. The third-order valence-corrected chi connectivity index (χ3v) is 11.7. The van der Waals surface area contributed by atoms with Crippen molar-refractivity contribution in [2.75, 3.05) is 14.1 Å². The van der Waals surface area contributed by atoms with E-state index in [2.05, 4.69) is 23.4 Å². The maximum Gasteiger partial charge on any atom is 0.314 e. The summed E-state index contributed by atoms with van der Waals surface area (Å²) >= 11 is 0. The van der Waals surface area contributed by atoms with Crippen molar-refractivity contribution in [1.82, 2.24) is 9.34 Å². The zero-order chi connectivity index (χ0) is 20.3. The molecule has 1 saturated heterocycles. The molecule has 0 aromatic rings. The number of fused-ring (bicyclic) bond motifs is 1. The van der Waals surface area contributed by atoms with Crippen LogP contribution >= 0.6 is 7.79 Å². The van der Waals surface area contributed by atoms with E-state index in [0.29, 0.717) is 18.0 Å². The summed E-state index contributed by atoms with van der Waals surface area (Å²) in [5, 5.41) is 0. The van der Waals surface area contributed by atoms with Crippen molar-refractivity contribution in [3.05, 3.63) is 0 Å². The summed E-state index contributed by atoms with van der Waals surface area (Å²) in [6.07, 6.45) is 10.9. The molecule has 0 N–H and O–H groups in total. The minimum Gasteiger partial charge on any atom is -0.650 e. The number of carbonyl (C=O) groups is 1. The van der Waals surface area contributed by atoms with Crippen molar-refractivity contribution in [2.45, 2.75) is 102 Å². The Morgan fingerprint density at radius 1 is 0.929 bits per heavy atom. The van der Waals surface area contributed by atoms with E-state index in [0.717, 1.165) is 12.8 Å². The lowest BCUT2D eigenvalue weighted by atomic mass is 9.85. The van der Waals surface area contributed by atoms with Crippen LogP contribution in [0.1, 0.15) is 78.6 Å². The molecule has 1 aliphatic heterocycles. The predicted octanol–water partition coefficient (Wildman–Crippen LogP) is 3.83. The van der Waals surface area contributed by atoms with Crippen LogP contribution < -0.4 is 4.89 Å². The molecular weight excluding hydrogens is 371 g/mol. The number of ether oxygens (including phenoxy) is 1. The van der Waals surface area contributed by atoms with E-state index >= 15 is 0 Å². The van der Waals surface area contributed by atoms with Gasteiger partial charge >= 0.3 is 5.97 Å². The van der Waals surface area contributed by atoms with Gasteiger partial charge in [-0.05, 0) is 39.5 Å². The predicted molar refractivity (Wildman–Crippen MR) is 112 cm³/mol. The summed E-state index contributed by atoms with van der Waals surface area (Å²) in [7, 11) is 1.38. The molecule has 6 heteroatoms. The first kappa shape index (κ1) is 21.0. The third-order valence-electron chi connectivity index (χ3n) is 7.86. The van der Waals surface area contributed by atoms with Crippen molar-refractivity contribution >= 4 is 13.8 Å². The summed E-state index contributed by atoms with van der Waals surface area (Å²) in [5.74, 6) is 0.482. The summed E-state index contributed by atoms with van der Waals surface area (Å²) in [6.45, 7) is 5.80. The van der Waals surface area contributed by atoms with Crippen LogP contribution in [0.3, 0.4) is 0 Å². The Morgan fingerprint density at radius 2 is 1.43 bits per heavy atom. The first-order valence-electron chi connectivity index (χ1n) is 11.5. The summed E-state index contributed by atoms with van der Waals surface area (Å²) in [5.41, 5.74) is -0.525. The second-order valence-corrected chi connectivity index (χ2v) is 13.7. The zero-order valence-electron chi connectivity index (χ0n) is 18.4. The normalized spacial score (nSPS) is 39.6. The maximum absolute atomic E-state index is 14.6. The largest absolute Gasteiger partial charge is 0.650 e. The van der Waals surface area contributed by atoms with Crippen molar-refractivity contribution in [2.24, 2.45) is 17.8 Å². The van der Waals surface area contributed by atoms with Crippen molar-refractivity contribution < 1.29 is 14.4 Å². The Bertz CT molecular complexity index is 583. The summed E-state index contributed by atoms with van der Waals surface area (Å²) in [6, 6.07) is 0.771. The fraction of sp³-hybridized carbons (Fsp3) is 0.955. The molecule has 3 aliphatic carbocycles. The molecule has 28 heavy (non-hydrogen) atoms. The highest BCUT2D eigenvalue weighted by molar-refractivity contribution is 7.65. The summed E-state index contributed by atoms with van der Waals surface area (Å²) < 4.78 is 10.2. The highest BCUT2D eigenvalue weighted by Gasteiger charge is 2.75. The third kappa shape index (κ3) is 3.45. The van der Waals surface area contributed by atoms with Gasteiger partial charge in [-0.25, -0.2) is 0 Å². The number of carbonyl (C=O) groups excluding carboxylic acids is 1. The van der Waals surface area contributed by atoms with Crippen molar-refractivity contribution in [1.29, 1.82) is 0 Å². The van der Waals surface area contributed by atoms with Gasteiger partial charge in [0.1, 0.15) is 25.0 Å². The van der Waals surface area contributed by atoms with Gasteiger partial charge in [-0.3, -0.25) is 4.79 Å². The summed E-state index contributed by atoms with van der Waals surface area (Å²) in [4.78, 5) is 27.7. The molecule has 0 aromatic heterocycles. The van der Waals surface area contributed by atoms with Gasteiger partial charge in [-0.2, -0.15) is 9.34 Å². The van der Waals surface area contributed by atoms with E-state index in [1.165, 1.54) is 44.9 Å². The van der Waals surface area contributed by atoms with Gasteiger partial charge in [0.2, 0.25) is 0 Å². The van der Waals surface area contributed by atoms with Crippen LogP contribution in [0.2, 0.25) is 0 Å². The Labute approximate surface area is 171 Å². The molecular formula is C22H39N2O3P. The zero-order valence-corrected chi connectivity index (χ0v) is 19.3. The molecule has 5 atom stereocenters. The Kier molecular flexibility index (Phi) is 5.62. The Balaban J connectivity index is 1.61. The van der Waals surface area contributed by atoms with E-state index in [1.807, 2.05) is 20.8 Å². The lowest BCUT2D eigenvalue weighted by molar-refractivity contribution is -0.191. The van der Waals surface area contributed by atoms with Gasteiger partial charge in [-0.1, -0.05) is 44.9 Å². The van der Waals surface area contributed by atoms with Gasteiger partial charge in [-0.15, -0.1) is 0 Å². The molecule has 4 fully saturated rings. The van der Waals surface area contributed by atoms with Crippen LogP contribution in [-0.4, -0.2) is 52.7 Å². The van der Waals surface area contributed by atoms with E-state index in [-0.39, 0.29) is 23.5 Å². The molecule has 0 radical (unpaired) electrons. The highest BCUT2D eigenvalue weighted by atomic mass is 31.2. The minimum absolute atomic E-state index is 0.0361. The van der Waals surface area contributed by atoms with Crippen LogP contribution in [0.25, 0.3) is 0 Å². The molecule has 0 spiro atoms. The topological polar surface area (TPSA) is 55.8 Å². The molecule has 0 bridgehead atoms. The molecule has 0 unspecified atom stereocenters. The number of rotatable bonds is 3. The van der Waals surface area contributed by atoms with E-state index < -0.39 is 13.4 Å². The average molecular weight is 411 g/mol. The Morgan fingerprint density at radius 3 is 1.93 bits per heavy atom. The average Bonchev–Trinajstić information content (AvgIpc) is 3.38. The van der Waals surface area contributed by atoms with Gasteiger partial charge < -0.3 is 9.63 Å². The van der Waals surface area contributed by atoms with Gasteiger partial charge in [0.25, 0.3) is 0 Å². The molecule has 1 heterocycles. The molecule has 4 rings (SSSR count). The number of esters is 1. The lowest BCUT2D eigenvalue weighted by Crippen LogP contribution is -2.37. The molecule has 0 amide bonds. The molecule has 0 aromatic carbocycles. The quantitative estimate of drug-likeness (QED) is 0.523. The van der Waals surface area contributed by atoms with E-state index in [4.69, 9.17) is 4.74 Å². The number of nitrogens with zero attached hydrogens (tertiary/aromatic N) is 2. The molecule has 5 nitrogen and oxygen atoms in total. The van der Waals surface area contributed by atoms with Crippen LogP contribution in [0.15, 0.2) is 0 Å². The molecule has 160 valence electrons. The number of hydrogen-bond donors (Lipinski definition) is 0. The van der Waals surface area contributed by atoms with Crippen molar-refractivity contribution in [3.8, 4) is 0 Å².